The van der Waals surface area contributed by atoms with Crippen molar-refractivity contribution in [3.05, 3.63) is 29.6 Å². The highest BCUT2D eigenvalue weighted by atomic mass is 19.1. The van der Waals surface area contributed by atoms with Crippen LogP contribution in [0, 0.1) is 5.82 Å². The highest BCUT2D eigenvalue weighted by molar-refractivity contribution is 5.34. The highest BCUT2D eigenvalue weighted by Crippen LogP contribution is 2.19. The Hall–Kier alpha value is -1.13. The summed E-state index contributed by atoms with van der Waals surface area (Å²) in [5.74, 6) is 0.436. The SMILES string of the molecule is CCCCOCCOc1ccc(F)cc1CCN. The minimum Gasteiger partial charge on any atom is -0.491 e. The van der Waals surface area contributed by atoms with Gasteiger partial charge in [-0.25, -0.2) is 4.39 Å². The van der Waals surface area contributed by atoms with Crippen molar-refractivity contribution in [1.82, 2.24) is 0 Å². The molecule has 1 rings (SSSR count). The highest BCUT2D eigenvalue weighted by Gasteiger charge is 2.04. The van der Waals surface area contributed by atoms with Crippen LogP contribution in [0.3, 0.4) is 0 Å². The van der Waals surface area contributed by atoms with E-state index < -0.39 is 0 Å². The maximum atomic E-state index is 13.1. The Morgan fingerprint density at radius 2 is 2.06 bits per heavy atom. The summed E-state index contributed by atoms with van der Waals surface area (Å²) in [4.78, 5) is 0. The molecule has 0 amide bonds. The van der Waals surface area contributed by atoms with Crippen LogP contribution in [0.2, 0.25) is 0 Å². The maximum absolute atomic E-state index is 13.1. The van der Waals surface area contributed by atoms with Gasteiger partial charge in [-0.3, -0.25) is 0 Å². The number of hydrogen-bond acceptors (Lipinski definition) is 3. The number of rotatable bonds is 9. The fourth-order valence-electron chi connectivity index (χ4n) is 1.60. The Morgan fingerprint density at radius 1 is 1.22 bits per heavy atom. The predicted molar refractivity (Wildman–Crippen MR) is 70.4 cm³/mol. The molecule has 0 fully saturated rings. The Bertz CT molecular complexity index is 345. The van der Waals surface area contributed by atoms with Gasteiger partial charge in [-0.2, -0.15) is 0 Å². The Morgan fingerprint density at radius 3 is 2.78 bits per heavy atom. The molecule has 1 aromatic carbocycles. The normalized spacial score (nSPS) is 10.6. The van der Waals surface area contributed by atoms with E-state index in [4.69, 9.17) is 15.2 Å². The predicted octanol–water partition coefficient (Wildman–Crippen LogP) is 2.52. The number of ether oxygens (including phenoxy) is 2. The van der Waals surface area contributed by atoms with Crippen LogP contribution >= 0.6 is 0 Å². The van der Waals surface area contributed by atoms with E-state index in [9.17, 15) is 4.39 Å². The largest absolute Gasteiger partial charge is 0.491 e. The second-order valence-corrected chi connectivity index (χ2v) is 4.11. The van der Waals surface area contributed by atoms with Gasteiger partial charge in [0.25, 0.3) is 0 Å². The van der Waals surface area contributed by atoms with Crippen LogP contribution in [0.25, 0.3) is 0 Å². The number of benzene rings is 1. The van der Waals surface area contributed by atoms with Crippen LogP contribution in [0.4, 0.5) is 4.39 Å². The van der Waals surface area contributed by atoms with Gasteiger partial charge in [-0.05, 0) is 43.1 Å². The lowest BCUT2D eigenvalue weighted by atomic mass is 10.1. The molecule has 3 nitrogen and oxygen atoms in total. The summed E-state index contributed by atoms with van der Waals surface area (Å²) < 4.78 is 24.1. The van der Waals surface area contributed by atoms with E-state index in [0.29, 0.717) is 31.9 Å². The topological polar surface area (TPSA) is 44.5 Å². The van der Waals surface area contributed by atoms with Crippen LogP contribution in [-0.2, 0) is 11.2 Å². The minimum atomic E-state index is -0.259. The van der Waals surface area contributed by atoms with Gasteiger partial charge in [-0.1, -0.05) is 13.3 Å². The van der Waals surface area contributed by atoms with Crippen LogP contribution < -0.4 is 10.5 Å². The fraction of sp³-hybridized carbons (Fsp3) is 0.571. The first kappa shape index (κ1) is 14.9. The third-order valence-electron chi connectivity index (χ3n) is 2.56. The van der Waals surface area contributed by atoms with E-state index in [2.05, 4.69) is 6.92 Å². The molecule has 0 aliphatic rings. The molecule has 2 N–H and O–H groups in total. The van der Waals surface area contributed by atoms with E-state index in [0.717, 1.165) is 25.0 Å². The van der Waals surface area contributed by atoms with E-state index >= 15 is 0 Å². The van der Waals surface area contributed by atoms with Crippen molar-refractivity contribution in [2.24, 2.45) is 5.73 Å². The standard InChI is InChI=1S/C14H22FNO2/c1-2-3-8-17-9-10-18-14-5-4-13(15)11-12(14)6-7-16/h4-5,11H,2-3,6-10,16H2,1H3. The first-order valence-corrected chi connectivity index (χ1v) is 6.47. The number of nitrogens with two attached hydrogens (primary N) is 1. The van der Waals surface area contributed by atoms with Gasteiger partial charge in [0.15, 0.2) is 0 Å². The zero-order valence-corrected chi connectivity index (χ0v) is 11.0. The summed E-state index contributed by atoms with van der Waals surface area (Å²) in [5, 5.41) is 0. The third-order valence-corrected chi connectivity index (χ3v) is 2.56. The quantitative estimate of drug-likeness (QED) is 0.690. The summed E-state index contributed by atoms with van der Waals surface area (Å²) in [6.45, 7) is 4.40. The van der Waals surface area contributed by atoms with Crippen LogP contribution in [-0.4, -0.2) is 26.4 Å². The molecule has 0 saturated carbocycles. The lowest BCUT2D eigenvalue weighted by molar-refractivity contribution is 0.0977. The van der Waals surface area contributed by atoms with Crippen molar-refractivity contribution in [2.75, 3.05) is 26.4 Å². The Balaban J connectivity index is 2.36. The summed E-state index contributed by atoms with van der Waals surface area (Å²) >= 11 is 0. The first-order valence-electron chi connectivity index (χ1n) is 6.47. The van der Waals surface area contributed by atoms with Crippen LogP contribution in [0.15, 0.2) is 18.2 Å². The van der Waals surface area contributed by atoms with Gasteiger partial charge < -0.3 is 15.2 Å². The van der Waals surface area contributed by atoms with Gasteiger partial charge in [0.2, 0.25) is 0 Å². The lowest BCUT2D eigenvalue weighted by Crippen LogP contribution is -2.10. The molecular formula is C14H22FNO2. The van der Waals surface area contributed by atoms with Crippen molar-refractivity contribution in [2.45, 2.75) is 26.2 Å². The van der Waals surface area contributed by atoms with Crippen molar-refractivity contribution in [3.63, 3.8) is 0 Å². The molecule has 102 valence electrons. The van der Waals surface area contributed by atoms with Crippen molar-refractivity contribution >= 4 is 0 Å². The van der Waals surface area contributed by atoms with E-state index in [1.54, 1.807) is 6.07 Å². The van der Waals surface area contributed by atoms with Gasteiger partial charge in [0.05, 0.1) is 6.61 Å². The Labute approximate surface area is 108 Å². The van der Waals surface area contributed by atoms with E-state index in [-0.39, 0.29) is 5.82 Å². The summed E-state index contributed by atoms with van der Waals surface area (Å²) in [6.07, 6.45) is 2.80. The molecule has 1 aromatic rings. The van der Waals surface area contributed by atoms with E-state index in [1.165, 1.54) is 12.1 Å². The van der Waals surface area contributed by atoms with Gasteiger partial charge in [0, 0.05) is 6.61 Å². The number of hydrogen-bond donors (Lipinski definition) is 1. The smallest absolute Gasteiger partial charge is 0.123 e. The molecule has 0 saturated heterocycles. The van der Waals surface area contributed by atoms with Crippen molar-refractivity contribution in [1.29, 1.82) is 0 Å². The number of halogens is 1. The van der Waals surface area contributed by atoms with Gasteiger partial charge >= 0.3 is 0 Å². The summed E-state index contributed by atoms with van der Waals surface area (Å²) in [5.41, 5.74) is 6.30. The van der Waals surface area contributed by atoms with Crippen LogP contribution in [0.1, 0.15) is 25.3 Å². The molecule has 4 heteroatoms. The Kier molecular flexibility index (Phi) is 7.37. The van der Waals surface area contributed by atoms with Gasteiger partial charge in [-0.15, -0.1) is 0 Å². The minimum absolute atomic E-state index is 0.259. The van der Waals surface area contributed by atoms with Crippen LogP contribution in [0.5, 0.6) is 5.75 Å². The molecule has 0 unspecified atom stereocenters. The van der Waals surface area contributed by atoms with Crippen molar-refractivity contribution < 1.29 is 13.9 Å². The van der Waals surface area contributed by atoms with E-state index in [1.807, 2.05) is 0 Å². The molecule has 0 aromatic heterocycles. The second kappa shape index (κ2) is 8.89. The average Bonchev–Trinajstić information content (AvgIpc) is 2.36. The summed E-state index contributed by atoms with van der Waals surface area (Å²) in [6, 6.07) is 4.51. The fourth-order valence-corrected chi connectivity index (χ4v) is 1.60. The molecular weight excluding hydrogens is 233 g/mol. The van der Waals surface area contributed by atoms with Crippen molar-refractivity contribution in [3.8, 4) is 5.75 Å². The molecule has 0 radical (unpaired) electrons. The molecule has 18 heavy (non-hydrogen) atoms. The average molecular weight is 255 g/mol. The molecule has 0 aliphatic carbocycles. The molecule has 0 spiro atoms. The summed E-state index contributed by atoms with van der Waals surface area (Å²) in [7, 11) is 0. The number of unbranched alkanes of at least 4 members (excludes halogenated alkanes) is 1. The first-order chi connectivity index (χ1) is 8.77. The second-order valence-electron chi connectivity index (χ2n) is 4.11. The molecule has 0 heterocycles. The molecule has 0 bridgehead atoms. The molecule has 0 atom stereocenters. The maximum Gasteiger partial charge on any atom is 0.123 e. The lowest BCUT2D eigenvalue weighted by Gasteiger charge is -2.11. The molecule has 0 aliphatic heterocycles. The van der Waals surface area contributed by atoms with Gasteiger partial charge in [0.1, 0.15) is 18.2 Å². The zero-order valence-electron chi connectivity index (χ0n) is 11.0. The zero-order chi connectivity index (χ0) is 13.2. The third kappa shape index (κ3) is 5.47. The monoisotopic (exact) mass is 255 g/mol.